The molecule has 21 heavy (non-hydrogen) atoms. The summed E-state index contributed by atoms with van der Waals surface area (Å²) >= 11 is 5.69. The smallest absolute Gasteiger partial charge is 0.318 e. The quantitative estimate of drug-likeness (QED) is 0.598. The number of aliphatic carboxylic acids is 1. The molecule has 0 radical (unpaired) electrons. The third-order valence-corrected chi connectivity index (χ3v) is 4.63. The molecule has 0 aliphatic carbocycles. The number of carbonyl (C=O) groups is 1. The van der Waals surface area contributed by atoms with Crippen LogP contribution in [-0.2, 0) is 14.8 Å². The van der Waals surface area contributed by atoms with Crippen LogP contribution in [0.25, 0.3) is 0 Å². The van der Waals surface area contributed by atoms with E-state index in [1.54, 1.807) is 6.92 Å². The molecule has 1 aromatic rings. The van der Waals surface area contributed by atoms with E-state index >= 15 is 0 Å². The first-order chi connectivity index (χ1) is 9.70. The molecule has 0 saturated carbocycles. The van der Waals surface area contributed by atoms with Crippen LogP contribution in [0.2, 0.25) is 5.02 Å². The Bertz CT molecular complexity index is 661. The summed E-state index contributed by atoms with van der Waals surface area (Å²) in [5.74, 6) is -1.35. The molecule has 0 aliphatic heterocycles. The highest BCUT2D eigenvalue weighted by Crippen LogP contribution is 2.29. The molecule has 116 valence electrons. The predicted molar refractivity (Wildman–Crippen MR) is 74.8 cm³/mol. The molecule has 10 heteroatoms. The van der Waals surface area contributed by atoms with Gasteiger partial charge in [0.05, 0.1) is 4.92 Å². The van der Waals surface area contributed by atoms with E-state index in [1.807, 2.05) is 0 Å². The first-order valence-electron chi connectivity index (χ1n) is 5.86. The second-order valence-electron chi connectivity index (χ2n) is 4.10. The Morgan fingerprint density at radius 3 is 2.57 bits per heavy atom. The number of carboxylic acids is 1. The molecule has 1 aromatic carbocycles. The van der Waals surface area contributed by atoms with Crippen LogP contribution in [0.4, 0.5) is 5.69 Å². The van der Waals surface area contributed by atoms with Gasteiger partial charge in [-0.1, -0.05) is 18.5 Å². The van der Waals surface area contributed by atoms with Gasteiger partial charge in [0.15, 0.2) is 4.90 Å². The number of hydrogen-bond acceptors (Lipinski definition) is 5. The average molecular weight is 337 g/mol. The Kier molecular flexibility index (Phi) is 5.64. The van der Waals surface area contributed by atoms with Gasteiger partial charge in [-0.15, -0.1) is 0 Å². The number of nitro groups is 1. The highest BCUT2D eigenvalue weighted by Gasteiger charge is 2.32. The molecule has 0 aromatic heterocycles. The molecular formula is C11H13ClN2O6S. The van der Waals surface area contributed by atoms with Crippen molar-refractivity contribution < 1.29 is 23.2 Å². The van der Waals surface area contributed by atoms with Gasteiger partial charge in [0.1, 0.15) is 6.54 Å². The van der Waals surface area contributed by atoms with Gasteiger partial charge in [-0.05, 0) is 18.6 Å². The van der Waals surface area contributed by atoms with Crippen molar-refractivity contribution in [2.45, 2.75) is 18.2 Å². The van der Waals surface area contributed by atoms with Gasteiger partial charge in [-0.3, -0.25) is 14.9 Å². The lowest BCUT2D eigenvalue weighted by Gasteiger charge is -2.19. The van der Waals surface area contributed by atoms with Gasteiger partial charge in [-0.25, -0.2) is 8.42 Å². The van der Waals surface area contributed by atoms with Crippen LogP contribution in [0.5, 0.6) is 0 Å². The molecule has 0 aliphatic rings. The summed E-state index contributed by atoms with van der Waals surface area (Å²) in [6.45, 7) is 0.814. The Hall–Kier alpha value is -1.71. The number of rotatable bonds is 7. The molecule has 0 heterocycles. The molecule has 0 amide bonds. The van der Waals surface area contributed by atoms with E-state index in [0.717, 1.165) is 12.1 Å². The molecule has 1 rings (SSSR count). The van der Waals surface area contributed by atoms with Crippen LogP contribution in [0.1, 0.15) is 13.3 Å². The van der Waals surface area contributed by atoms with Crippen LogP contribution in [-0.4, -0.2) is 41.8 Å². The molecule has 0 spiro atoms. The highest BCUT2D eigenvalue weighted by atomic mass is 35.5. The van der Waals surface area contributed by atoms with E-state index < -0.39 is 38.0 Å². The van der Waals surface area contributed by atoms with E-state index in [1.165, 1.54) is 6.07 Å². The Morgan fingerprint density at radius 2 is 2.10 bits per heavy atom. The third-order valence-electron chi connectivity index (χ3n) is 2.52. The van der Waals surface area contributed by atoms with Crippen molar-refractivity contribution in [2.24, 2.45) is 0 Å². The molecular weight excluding hydrogens is 324 g/mol. The molecule has 0 atom stereocenters. The van der Waals surface area contributed by atoms with Crippen molar-refractivity contribution in [3.05, 3.63) is 33.3 Å². The molecule has 0 saturated heterocycles. The number of carboxylic acid groups (broad SMARTS) is 1. The number of sulfonamides is 1. The Labute approximate surface area is 126 Å². The summed E-state index contributed by atoms with van der Waals surface area (Å²) in [4.78, 5) is 20.3. The van der Waals surface area contributed by atoms with Gasteiger partial charge in [-0.2, -0.15) is 4.31 Å². The lowest BCUT2D eigenvalue weighted by atomic mass is 10.3. The lowest BCUT2D eigenvalue weighted by molar-refractivity contribution is -0.387. The summed E-state index contributed by atoms with van der Waals surface area (Å²) in [5.41, 5.74) is -0.647. The molecule has 0 bridgehead atoms. The van der Waals surface area contributed by atoms with Crippen molar-refractivity contribution >= 4 is 33.3 Å². The molecule has 1 N–H and O–H groups in total. The van der Waals surface area contributed by atoms with Crippen molar-refractivity contribution in [3.63, 3.8) is 0 Å². The van der Waals surface area contributed by atoms with Gasteiger partial charge >= 0.3 is 5.97 Å². The summed E-state index contributed by atoms with van der Waals surface area (Å²) in [7, 11) is -4.33. The van der Waals surface area contributed by atoms with E-state index in [2.05, 4.69) is 0 Å². The van der Waals surface area contributed by atoms with Crippen LogP contribution in [0.3, 0.4) is 0 Å². The summed E-state index contributed by atoms with van der Waals surface area (Å²) in [6.07, 6.45) is 0.362. The van der Waals surface area contributed by atoms with Gasteiger partial charge in [0, 0.05) is 17.6 Å². The Morgan fingerprint density at radius 1 is 1.48 bits per heavy atom. The number of nitrogens with zero attached hydrogens (tertiary/aromatic N) is 2. The number of benzene rings is 1. The summed E-state index contributed by atoms with van der Waals surface area (Å²) in [6, 6.07) is 3.11. The van der Waals surface area contributed by atoms with Crippen LogP contribution in [0.15, 0.2) is 23.1 Å². The monoisotopic (exact) mass is 336 g/mol. The maximum Gasteiger partial charge on any atom is 0.318 e. The number of halogens is 1. The molecule has 0 fully saturated rings. The van der Waals surface area contributed by atoms with Gasteiger partial charge in [0.25, 0.3) is 5.69 Å². The summed E-state index contributed by atoms with van der Waals surface area (Å²) < 4.78 is 25.5. The first kappa shape index (κ1) is 17.3. The van der Waals surface area contributed by atoms with Crippen molar-refractivity contribution in [3.8, 4) is 0 Å². The second kappa shape index (κ2) is 6.83. The van der Waals surface area contributed by atoms with Gasteiger partial charge < -0.3 is 5.11 Å². The average Bonchev–Trinajstić information content (AvgIpc) is 2.37. The maximum atomic E-state index is 12.4. The third kappa shape index (κ3) is 4.13. The van der Waals surface area contributed by atoms with Gasteiger partial charge in [0.2, 0.25) is 10.0 Å². The maximum absolute atomic E-state index is 12.4. The largest absolute Gasteiger partial charge is 0.480 e. The Balaban J connectivity index is 3.43. The minimum Gasteiger partial charge on any atom is -0.480 e. The zero-order valence-corrected chi connectivity index (χ0v) is 12.6. The van der Waals surface area contributed by atoms with Crippen molar-refractivity contribution in [1.29, 1.82) is 0 Å². The number of hydrogen-bond donors (Lipinski definition) is 1. The summed E-state index contributed by atoms with van der Waals surface area (Å²) in [5, 5.41) is 19.7. The number of nitro benzene ring substituents is 1. The van der Waals surface area contributed by atoms with Crippen molar-refractivity contribution in [1.82, 2.24) is 4.31 Å². The first-order valence-corrected chi connectivity index (χ1v) is 7.67. The fourth-order valence-corrected chi connectivity index (χ4v) is 3.57. The SMILES string of the molecule is CCCN(CC(=O)O)S(=O)(=O)c1cc(Cl)ccc1[N+](=O)[O-]. The lowest BCUT2D eigenvalue weighted by Crippen LogP contribution is -2.36. The van der Waals surface area contributed by atoms with E-state index in [4.69, 9.17) is 16.7 Å². The van der Waals surface area contributed by atoms with Crippen LogP contribution >= 0.6 is 11.6 Å². The van der Waals surface area contributed by atoms with E-state index in [9.17, 15) is 23.3 Å². The van der Waals surface area contributed by atoms with E-state index in [0.29, 0.717) is 10.7 Å². The molecule has 8 nitrogen and oxygen atoms in total. The normalized spacial score (nSPS) is 11.6. The predicted octanol–water partition coefficient (Wildman–Crippen LogP) is 1.73. The van der Waals surface area contributed by atoms with Crippen LogP contribution in [0, 0.1) is 10.1 Å². The second-order valence-corrected chi connectivity index (χ2v) is 6.44. The fraction of sp³-hybridized carbons (Fsp3) is 0.364. The van der Waals surface area contributed by atoms with E-state index in [-0.39, 0.29) is 11.6 Å². The topological polar surface area (TPSA) is 118 Å². The zero-order valence-electron chi connectivity index (χ0n) is 11.0. The highest BCUT2D eigenvalue weighted by molar-refractivity contribution is 7.89. The molecule has 0 unspecified atom stereocenters. The minimum atomic E-state index is -4.33. The fourth-order valence-electron chi connectivity index (χ4n) is 1.67. The standard InChI is InChI=1S/C11H13ClN2O6S/c1-2-5-13(7-11(15)16)21(19,20)10-6-8(12)3-4-9(10)14(17)18/h3-4,6H,2,5,7H2,1H3,(H,15,16). The van der Waals surface area contributed by atoms with Crippen molar-refractivity contribution in [2.75, 3.05) is 13.1 Å². The van der Waals surface area contributed by atoms with Crippen LogP contribution < -0.4 is 0 Å². The zero-order chi connectivity index (χ0) is 16.2. The minimum absolute atomic E-state index is 0.00551.